The van der Waals surface area contributed by atoms with Gasteiger partial charge in [-0.15, -0.1) is 0 Å². The van der Waals surface area contributed by atoms with Gasteiger partial charge in [-0.05, 0) is 0 Å². The second-order valence-corrected chi connectivity index (χ2v) is 19.1. The first-order valence-corrected chi connectivity index (χ1v) is 10.4. The van der Waals surface area contributed by atoms with Crippen LogP contribution in [0.25, 0.3) is 0 Å². The summed E-state index contributed by atoms with van der Waals surface area (Å²) in [6.45, 7) is 0. The largest absolute Gasteiger partial charge is 0.254 e. The van der Waals surface area contributed by atoms with Crippen molar-refractivity contribution in [3.63, 3.8) is 0 Å². The summed E-state index contributed by atoms with van der Waals surface area (Å²) in [4.78, 5) is 0. The summed E-state index contributed by atoms with van der Waals surface area (Å²) in [6.07, 6.45) is 2.82. The van der Waals surface area contributed by atoms with E-state index in [4.69, 9.17) is 0 Å². The van der Waals surface area contributed by atoms with Crippen LogP contribution in [-0.4, -0.2) is 46.1 Å². The van der Waals surface area contributed by atoms with Crippen molar-refractivity contribution in [2.24, 2.45) is 0 Å². The van der Waals surface area contributed by atoms with Crippen LogP contribution >= 0.6 is 0 Å². The van der Waals surface area contributed by atoms with E-state index >= 15 is 0 Å². The van der Waals surface area contributed by atoms with Gasteiger partial charge >= 0.3 is 0 Å². The lowest BCUT2D eigenvalue weighted by Gasteiger charge is -2.29. The van der Waals surface area contributed by atoms with Crippen LogP contribution in [0.5, 0.6) is 0 Å². The first-order chi connectivity index (χ1) is 4.79. The third-order valence-corrected chi connectivity index (χ3v) is 19.8. The average molecular weight is 236 g/mol. The Morgan fingerprint density at radius 2 is 1.00 bits per heavy atom. The fraction of sp³-hybridized carbons (Fsp3) is 1.00. The van der Waals surface area contributed by atoms with Crippen molar-refractivity contribution in [1.29, 1.82) is 0 Å². The molecule has 0 saturated carbocycles. The molecule has 0 rings (SSSR count). The van der Waals surface area contributed by atoms with E-state index in [0.717, 1.165) is 12.5 Å². The summed E-state index contributed by atoms with van der Waals surface area (Å²) >= 11 is 0. The van der Waals surface area contributed by atoms with Gasteiger partial charge in [0.1, 0.15) is 0 Å². The minimum Gasteiger partial charge on any atom is -0.254 e. The highest BCUT2D eigenvalue weighted by Gasteiger charge is 2.46. The van der Waals surface area contributed by atoms with Crippen molar-refractivity contribution in [2.75, 3.05) is 25.0 Å². The molecule has 8 heteroatoms. The molecule has 0 atom stereocenters. The molecule has 0 heterocycles. The maximum absolute atomic E-state index is 11.7. The minimum atomic E-state index is -4.62. The van der Waals surface area contributed by atoms with Crippen LogP contribution in [0.1, 0.15) is 0 Å². The van der Waals surface area contributed by atoms with Crippen LogP contribution in [0.15, 0.2) is 0 Å². The Morgan fingerprint density at radius 1 is 0.833 bits per heavy atom. The second kappa shape index (κ2) is 2.30. The maximum Gasteiger partial charge on any atom is 0.217 e. The van der Waals surface area contributed by atoms with Gasteiger partial charge in [-0.3, -0.25) is 4.21 Å². The highest BCUT2D eigenvalue weighted by atomic mass is 33.6. The predicted molar refractivity (Wildman–Crippen MR) is 49.7 cm³/mol. The van der Waals surface area contributed by atoms with E-state index < -0.39 is 24.9 Å². The molecule has 0 spiro atoms. The van der Waals surface area contributed by atoms with E-state index in [2.05, 4.69) is 0 Å². The van der Waals surface area contributed by atoms with Gasteiger partial charge in [0, 0.05) is 12.5 Å². The SMILES string of the molecule is CS(=O)(=O)S(C)(C)(=O)S(C)(=O)=O. The zero-order valence-electron chi connectivity index (χ0n) is 7.27. The Balaban J connectivity index is 6.23. The summed E-state index contributed by atoms with van der Waals surface area (Å²) in [5, 5.41) is 0. The molecule has 0 saturated heterocycles. The summed E-state index contributed by atoms with van der Waals surface area (Å²) in [5.74, 6) is 0. The zero-order chi connectivity index (χ0) is 10.4. The molecular weight excluding hydrogens is 224 g/mol. The summed E-state index contributed by atoms with van der Waals surface area (Å²) in [6, 6.07) is 0. The number of rotatable bonds is 2. The second-order valence-electron chi connectivity index (χ2n) is 3.02. The van der Waals surface area contributed by atoms with Crippen molar-refractivity contribution in [2.45, 2.75) is 0 Å². The molecule has 12 heavy (non-hydrogen) atoms. The van der Waals surface area contributed by atoms with Crippen LogP contribution in [0.3, 0.4) is 0 Å². The lowest BCUT2D eigenvalue weighted by molar-refractivity contribution is 0.602. The minimum absolute atomic E-state index is 0.656. The van der Waals surface area contributed by atoms with E-state index in [1.165, 1.54) is 0 Å². The topological polar surface area (TPSA) is 85.3 Å². The van der Waals surface area contributed by atoms with Gasteiger partial charge in [-0.2, -0.15) is 0 Å². The standard InChI is InChI=1S/C4H12O5S3/c1-10(5,6)12(3,4,9)11(2,7)8/h1-4H3. The van der Waals surface area contributed by atoms with E-state index in [9.17, 15) is 21.0 Å². The van der Waals surface area contributed by atoms with Gasteiger partial charge in [0.2, 0.25) is 17.7 Å². The summed E-state index contributed by atoms with van der Waals surface area (Å²) < 4.78 is 55.6. The van der Waals surface area contributed by atoms with Crippen molar-refractivity contribution < 1.29 is 21.0 Å². The van der Waals surface area contributed by atoms with Crippen LogP contribution < -0.4 is 0 Å². The van der Waals surface area contributed by atoms with Gasteiger partial charge in [0.25, 0.3) is 0 Å². The van der Waals surface area contributed by atoms with Crippen LogP contribution in [0, 0.1) is 0 Å². The van der Waals surface area contributed by atoms with Gasteiger partial charge in [-0.25, -0.2) is 16.8 Å². The van der Waals surface area contributed by atoms with Gasteiger partial charge in [0.15, 0.2) is 0 Å². The van der Waals surface area contributed by atoms with Crippen molar-refractivity contribution in [3.8, 4) is 0 Å². The summed E-state index contributed by atoms with van der Waals surface area (Å²) in [5.41, 5.74) is 0. The monoisotopic (exact) mass is 236 g/mol. The molecule has 0 aliphatic heterocycles. The molecule has 0 aromatic heterocycles. The number of hydrogen-bond donors (Lipinski definition) is 0. The lowest BCUT2D eigenvalue weighted by atomic mass is 11.9. The van der Waals surface area contributed by atoms with Crippen molar-refractivity contribution >= 4 is 24.9 Å². The summed E-state index contributed by atoms with van der Waals surface area (Å²) in [7, 11) is -12.8. The Bertz CT molecular complexity index is 407. The molecule has 0 N–H and O–H groups in total. The molecule has 0 aromatic rings. The molecule has 0 aliphatic rings. The van der Waals surface area contributed by atoms with E-state index in [1.54, 1.807) is 0 Å². The molecule has 0 unspecified atom stereocenters. The van der Waals surface area contributed by atoms with Crippen LogP contribution in [0.4, 0.5) is 0 Å². The molecule has 5 nitrogen and oxygen atoms in total. The molecule has 0 radical (unpaired) electrons. The molecule has 76 valence electrons. The molecule has 0 fully saturated rings. The highest BCUT2D eigenvalue weighted by molar-refractivity contribution is 9.11. The molecule has 0 bridgehead atoms. The Labute approximate surface area is 71.2 Å². The Morgan fingerprint density at radius 3 is 1.00 bits per heavy atom. The van der Waals surface area contributed by atoms with Crippen LogP contribution in [-0.2, 0) is 24.9 Å². The molecule has 0 aliphatic carbocycles. The molecular formula is C4H12O5S3. The zero-order valence-corrected chi connectivity index (χ0v) is 9.72. The Kier molecular flexibility index (Phi) is 2.31. The molecule has 0 aromatic carbocycles. The van der Waals surface area contributed by atoms with E-state index in [-0.39, 0.29) is 0 Å². The number of hydrogen-bond acceptors (Lipinski definition) is 5. The average Bonchev–Trinajstić information content (AvgIpc) is 1.55. The first kappa shape index (κ1) is 12.0. The van der Waals surface area contributed by atoms with Crippen molar-refractivity contribution in [1.82, 2.24) is 0 Å². The van der Waals surface area contributed by atoms with Gasteiger partial charge in [0.05, 0.1) is 19.6 Å². The fourth-order valence-corrected chi connectivity index (χ4v) is 6.06. The smallest absolute Gasteiger partial charge is 0.217 e. The normalized spacial score (nSPS) is 18.2. The fourth-order valence-electron chi connectivity index (χ4n) is 0.225. The van der Waals surface area contributed by atoms with Gasteiger partial charge in [-0.1, -0.05) is 0 Å². The van der Waals surface area contributed by atoms with Crippen molar-refractivity contribution in [3.05, 3.63) is 0 Å². The van der Waals surface area contributed by atoms with Gasteiger partial charge < -0.3 is 0 Å². The van der Waals surface area contributed by atoms with Crippen LogP contribution in [0.2, 0.25) is 0 Å². The quantitative estimate of drug-likeness (QED) is 0.573. The third-order valence-electron chi connectivity index (χ3n) is 1.71. The third kappa shape index (κ3) is 1.42. The maximum atomic E-state index is 11.7. The lowest BCUT2D eigenvalue weighted by Crippen LogP contribution is -2.44. The first-order valence-electron chi connectivity index (χ1n) is 2.80. The Hall–Kier alpha value is 0.0500. The molecule has 0 amide bonds. The highest BCUT2D eigenvalue weighted by Crippen LogP contribution is 2.30. The predicted octanol–water partition coefficient (Wildman–Crippen LogP) is -1.01. The van der Waals surface area contributed by atoms with E-state index in [1.807, 2.05) is 0 Å². The van der Waals surface area contributed by atoms with E-state index in [0.29, 0.717) is 12.5 Å².